The lowest BCUT2D eigenvalue weighted by Gasteiger charge is -2.34. The minimum atomic E-state index is -0.522. The van der Waals surface area contributed by atoms with Crippen LogP contribution in [0.25, 0.3) is 32.7 Å². The topological polar surface area (TPSA) is 58.9 Å². The number of hydrogen-bond donors (Lipinski definition) is 2. The first-order valence-corrected chi connectivity index (χ1v) is 14.8. The second kappa shape index (κ2) is 10.9. The van der Waals surface area contributed by atoms with Crippen LogP contribution in [0.3, 0.4) is 0 Å². The van der Waals surface area contributed by atoms with Crippen molar-refractivity contribution in [1.82, 2.24) is 0 Å². The van der Waals surface area contributed by atoms with Gasteiger partial charge in [0, 0.05) is 0 Å². The molecule has 1 aliphatic carbocycles. The summed E-state index contributed by atoms with van der Waals surface area (Å²) >= 11 is 0. The van der Waals surface area contributed by atoms with Gasteiger partial charge >= 0.3 is 0 Å². The van der Waals surface area contributed by atoms with Crippen molar-refractivity contribution < 1.29 is 19.7 Å². The summed E-state index contributed by atoms with van der Waals surface area (Å²) in [5.41, 5.74) is 6.92. The molecule has 0 saturated carbocycles. The molecule has 214 valence electrons. The molecule has 0 heterocycles. The highest BCUT2D eigenvalue weighted by Gasteiger charge is 2.46. The largest absolute Gasteiger partial charge is 0.491 e. The third-order valence-corrected chi connectivity index (χ3v) is 8.42. The number of hydrogen-bond acceptors (Lipinski definition) is 4. The highest BCUT2D eigenvalue weighted by molar-refractivity contribution is 5.92. The molecule has 4 heteroatoms. The lowest BCUT2D eigenvalue weighted by molar-refractivity contribution is 0.122. The zero-order chi connectivity index (χ0) is 29.6. The maximum absolute atomic E-state index is 9.66. The molecule has 0 radical (unpaired) electrons. The fraction of sp³-hybridized carbons (Fsp3) is 0.179. The van der Waals surface area contributed by atoms with Gasteiger partial charge in [0.05, 0.1) is 17.6 Å². The SMILES string of the molecule is CC(O)COc1ccc2cc(C3(c4ccc5cc(OCC(C)O)ccc5c4)c4ccccc4-c4ccccc43)ccc2c1. The van der Waals surface area contributed by atoms with Crippen molar-refractivity contribution in [3.8, 4) is 22.6 Å². The van der Waals surface area contributed by atoms with Crippen LogP contribution in [-0.2, 0) is 5.41 Å². The number of fused-ring (bicyclic) bond motifs is 5. The Morgan fingerprint density at radius 3 is 1.35 bits per heavy atom. The van der Waals surface area contributed by atoms with Gasteiger partial charge in [-0.15, -0.1) is 0 Å². The number of rotatable bonds is 8. The molecule has 2 N–H and O–H groups in total. The van der Waals surface area contributed by atoms with E-state index in [1.807, 2.05) is 24.3 Å². The van der Waals surface area contributed by atoms with Crippen LogP contribution in [-0.4, -0.2) is 35.6 Å². The van der Waals surface area contributed by atoms with Crippen LogP contribution in [0, 0.1) is 0 Å². The molecule has 0 amide bonds. The van der Waals surface area contributed by atoms with Crippen molar-refractivity contribution in [1.29, 1.82) is 0 Å². The Kier molecular flexibility index (Phi) is 6.89. The smallest absolute Gasteiger partial charge is 0.120 e. The second-order valence-electron chi connectivity index (χ2n) is 11.6. The molecule has 7 rings (SSSR count). The van der Waals surface area contributed by atoms with Crippen molar-refractivity contribution in [2.75, 3.05) is 13.2 Å². The lowest BCUT2D eigenvalue weighted by Crippen LogP contribution is -2.28. The quantitative estimate of drug-likeness (QED) is 0.197. The average molecular weight is 567 g/mol. The standard InChI is InChI=1S/C39H34O4/c1-25(40)23-42-33-17-13-27-19-31(15-11-29(27)21-33)39(37-9-5-3-7-35(37)36-8-4-6-10-38(36)39)32-16-12-30-22-34(43-24-26(2)41)18-14-28(30)20-32/h3-22,25-26,40-41H,23-24H2,1-2H3. The molecule has 0 saturated heterocycles. The second-order valence-corrected chi connectivity index (χ2v) is 11.6. The highest BCUT2D eigenvalue weighted by Crippen LogP contribution is 2.56. The van der Waals surface area contributed by atoms with Crippen molar-refractivity contribution in [2.45, 2.75) is 31.5 Å². The van der Waals surface area contributed by atoms with Crippen LogP contribution >= 0.6 is 0 Å². The minimum absolute atomic E-state index is 0.260. The van der Waals surface area contributed by atoms with Gasteiger partial charge < -0.3 is 19.7 Å². The molecule has 0 spiro atoms. The lowest BCUT2D eigenvalue weighted by atomic mass is 9.67. The van der Waals surface area contributed by atoms with E-state index >= 15 is 0 Å². The van der Waals surface area contributed by atoms with Gasteiger partial charge in [-0.1, -0.05) is 84.9 Å². The molecule has 0 fully saturated rings. The number of benzene rings is 6. The Morgan fingerprint density at radius 1 is 0.512 bits per heavy atom. The van der Waals surface area contributed by atoms with Gasteiger partial charge in [-0.2, -0.15) is 0 Å². The summed E-state index contributed by atoms with van der Waals surface area (Å²) in [6, 6.07) is 43.2. The summed E-state index contributed by atoms with van der Waals surface area (Å²) in [7, 11) is 0. The first kappa shape index (κ1) is 27.2. The van der Waals surface area contributed by atoms with Gasteiger partial charge in [0.25, 0.3) is 0 Å². The third kappa shape index (κ3) is 4.73. The molecule has 0 aliphatic heterocycles. The van der Waals surface area contributed by atoms with Gasteiger partial charge in [-0.3, -0.25) is 0 Å². The van der Waals surface area contributed by atoms with Crippen molar-refractivity contribution in [3.05, 3.63) is 144 Å². The monoisotopic (exact) mass is 566 g/mol. The Balaban J connectivity index is 1.43. The number of ether oxygens (including phenoxy) is 2. The first-order chi connectivity index (χ1) is 20.9. The molecular weight excluding hydrogens is 532 g/mol. The van der Waals surface area contributed by atoms with Gasteiger partial charge in [-0.25, -0.2) is 0 Å². The summed E-state index contributed by atoms with van der Waals surface area (Å²) < 4.78 is 11.6. The normalized spacial score (nSPS) is 14.7. The van der Waals surface area contributed by atoms with Crippen LogP contribution in [0.15, 0.2) is 121 Å². The Morgan fingerprint density at radius 2 is 0.907 bits per heavy atom. The molecule has 0 bridgehead atoms. The van der Waals surface area contributed by atoms with Crippen molar-refractivity contribution in [2.24, 2.45) is 0 Å². The highest BCUT2D eigenvalue weighted by atomic mass is 16.5. The fourth-order valence-electron chi connectivity index (χ4n) is 6.55. The van der Waals surface area contributed by atoms with Crippen LogP contribution in [0.4, 0.5) is 0 Å². The van der Waals surface area contributed by atoms with Gasteiger partial charge in [0.1, 0.15) is 24.7 Å². The van der Waals surface area contributed by atoms with Crippen LogP contribution < -0.4 is 9.47 Å². The van der Waals surface area contributed by atoms with Crippen LogP contribution in [0.1, 0.15) is 36.1 Å². The van der Waals surface area contributed by atoms with Gasteiger partial charge in [-0.05, 0) is 105 Å². The van der Waals surface area contributed by atoms with Crippen LogP contribution in [0.2, 0.25) is 0 Å². The zero-order valence-electron chi connectivity index (χ0n) is 24.3. The maximum Gasteiger partial charge on any atom is 0.120 e. The van der Waals surface area contributed by atoms with Gasteiger partial charge in [0.2, 0.25) is 0 Å². The molecule has 6 aromatic carbocycles. The van der Waals surface area contributed by atoms with E-state index in [4.69, 9.17) is 9.47 Å². The Labute approximate surface area is 251 Å². The van der Waals surface area contributed by atoms with E-state index in [1.54, 1.807) is 13.8 Å². The fourth-order valence-corrected chi connectivity index (χ4v) is 6.55. The predicted octanol–water partition coefficient (Wildman–Crippen LogP) is 7.88. The van der Waals surface area contributed by atoms with E-state index in [0.717, 1.165) is 33.0 Å². The van der Waals surface area contributed by atoms with E-state index in [1.165, 1.54) is 33.4 Å². The Bertz CT molecular complexity index is 1810. The number of aliphatic hydroxyl groups is 2. The molecule has 2 unspecified atom stereocenters. The van der Waals surface area contributed by atoms with E-state index < -0.39 is 17.6 Å². The van der Waals surface area contributed by atoms with E-state index in [0.29, 0.717) is 0 Å². The van der Waals surface area contributed by atoms with E-state index in [2.05, 4.69) is 97.1 Å². The van der Waals surface area contributed by atoms with E-state index in [-0.39, 0.29) is 13.2 Å². The number of aliphatic hydroxyl groups excluding tert-OH is 2. The summed E-state index contributed by atoms with van der Waals surface area (Å²) in [5.74, 6) is 1.50. The third-order valence-electron chi connectivity index (χ3n) is 8.42. The van der Waals surface area contributed by atoms with Crippen molar-refractivity contribution in [3.63, 3.8) is 0 Å². The summed E-state index contributed by atoms with van der Waals surface area (Å²) in [6.45, 7) is 3.97. The molecule has 2 atom stereocenters. The predicted molar refractivity (Wildman–Crippen MR) is 173 cm³/mol. The maximum atomic E-state index is 9.66. The average Bonchev–Trinajstić information content (AvgIpc) is 3.33. The summed E-state index contributed by atoms with van der Waals surface area (Å²) in [6.07, 6.45) is -1.04. The molecule has 43 heavy (non-hydrogen) atoms. The molecular formula is C39H34O4. The zero-order valence-corrected chi connectivity index (χ0v) is 24.3. The molecule has 1 aliphatic rings. The summed E-state index contributed by atoms with van der Waals surface area (Å²) in [5, 5.41) is 23.8. The minimum Gasteiger partial charge on any atom is -0.491 e. The van der Waals surface area contributed by atoms with E-state index in [9.17, 15) is 10.2 Å². The molecule has 4 nitrogen and oxygen atoms in total. The first-order valence-electron chi connectivity index (χ1n) is 14.8. The molecule has 0 aromatic heterocycles. The van der Waals surface area contributed by atoms with Crippen LogP contribution in [0.5, 0.6) is 11.5 Å². The molecule has 6 aromatic rings. The van der Waals surface area contributed by atoms with Crippen molar-refractivity contribution >= 4 is 21.5 Å². The Hall–Kier alpha value is -4.64. The summed E-state index contributed by atoms with van der Waals surface area (Å²) in [4.78, 5) is 0. The van der Waals surface area contributed by atoms with Gasteiger partial charge in [0.15, 0.2) is 0 Å².